The van der Waals surface area contributed by atoms with Crippen LogP contribution in [0.1, 0.15) is 60.8 Å². The molecule has 0 aromatic carbocycles. The SMILES string of the molecule is CCC(C)(C)CC[Si](C)(C)C(C)(C)CC. The van der Waals surface area contributed by atoms with E-state index in [9.17, 15) is 0 Å². The number of rotatable bonds is 6. The first-order valence-corrected chi connectivity index (χ1v) is 9.79. The zero-order valence-corrected chi connectivity index (χ0v) is 13.3. The molecule has 0 unspecified atom stereocenters. The molecule has 0 aliphatic carbocycles. The second-order valence-corrected chi connectivity index (χ2v) is 12.8. The van der Waals surface area contributed by atoms with Crippen LogP contribution in [0.3, 0.4) is 0 Å². The van der Waals surface area contributed by atoms with Gasteiger partial charge in [0.1, 0.15) is 0 Å². The first-order valence-electron chi connectivity index (χ1n) is 6.58. The summed E-state index contributed by atoms with van der Waals surface area (Å²) in [6, 6.07) is 1.48. The van der Waals surface area contributed by atoms with Gasteiger partial charge in [0.2, 0.25) is 0 Å². The third-order valence-electron chi connectivity index (χ3n) is 5.10. The van der Waals surface area contributed by atoms with Gasteiger partial charge in [-0.2, -0.15) is 0 Å². The van der Waals surface area contributed by atoms with Crippen molar-refractivity contribution >= 4 is 8.07 Å². The highest BCUT2D eigenvalue weighted by Gasteiger charge is 2.37. The van der Waals surface area contributed by atoms with Crippen molar-refractivity contribution < 1.29 is 0 Å². The van der Waals surface area contributed by atoms with E-state index in [2.05, 4.69) is 54.6 Å². The lowest BCUT2D eigenvalue weighted by Gasteiger charge is -2.41. The van der Waals surface area contributed by atoms with Crippen LogP contribution < -0.4 is 0 Å². The second-order valence-electron chi connectivity index (χ2n) is 7.14. The monoisotopic (exact) mass is 228 g/mol. The first kappa shape index (κ1) is 15.2. The van der Waals surface area contributed by atoms with Gasteiger partial charge in [0.15, 0.2) is 0 Å². The molecule has 0 fully saturated rings. The summed E-state index contributed by atoms with van der Waals surface area (Å²) in [7, 11) is -1.06. The third-order valence-corrected chi connectivity index (χ3v) is 10.6. The van der Waals surface area contributed by atoms with Crippen LogP contribution >= 0.6 is 0 Å². The summed E-state index contributed by atoms with van der Waals surface area (Å²) in [5, 5.41) is 0.594. The van der Waals surface area contributed by atoms with E-state index in [-0.39, 0.29) is 0 Å². The van der Waals surface area contributed by atoms with Gasteiger partial charge < -0.3 is 0 Å². The van der Waals surface area contributed by atoms with Crippen LogP contribution in [0.4, 0.5) is 0 Å². The Bertz CT molecular complexity index is 190. The lowest BCUT2D eigenvalue weighted by molar-refractivity contribution is 0.334. The maximum atomic E-state index is 2.57. The van der Waals surface area contributed by atoms with Gasteiger partial charge in [-0.05, 0) is 10.5 Å². The molecule has 0 heterocycles. The van der Waals surface area contributed by atoms with Crippen molar-refractivity contribution in [3.05, 3.63) is 0 Å². The molecule has 0 N–H and O–H groups in total. The van der Waals surface area contributed by atoms with Crippen LogP contribution in [0.5, 0.6) is 0 Å². The van der Waals surface area contributed by atoms with Crippen molar-refractivity contribution in [1.82, 2.24) is 0 Å². The van der Waals surface area contributed by atoms with Crippen LogP contribution in [-0.4, -0.2) is 8.07 Å². The highest BCUT2D eigenvalue weighted by Crippen LogP contribution is 2.44. The maximum absolute atomic E-state index is 2.57. The van der Waals surface area contributed by atoms with Crippen molar-refractivity contribution in [2.45, 2.75) is 85.0 Å². The van der Waals surface area contributed by atoms with Crippen LogP contribution in [-0.2, 0) is 0 Å². The Morgan fingerprint density at radius 2 is 1.33 bits per heavy atom. The number of hydrogen-bond acceptors (Lipinski definition) is 0. The van der Waals surface area contributed by atoms with Crippen molar-refractivity contribution in [3.63, 3.8) is 0 Å². The molecule has 15 heavy (non-hydrogen) atoms. The van der Waals surface area contributed by atoms with Crippen molar-refractivity contribution in [3.8, 4) is 0 Å². The van der Waals surface area contributed by atoms with E-state index in [1.807, 2.05) is 0 Å². The molecule has 0 radical (unpaired) electrons. The fourth-order valence-corrected chi connectivity index (χ4v) is 4.58. The van der Waals surface area contributed by atoms with Gasteiger partial charge in [-0.1, -0.05) is 79.9 Å². The molecule has 0 amide bonds. The Hall–Kier alpha value is 0.217. The van der Waals surface area contributed by atoms with Crippen LogP contribution in [0.15, 0.2) is 0 Å². The molecule has 0 rings (SSSR count). The molecule has 0 bridgehead atoms. The molecule has 0 nitrogen and oxygen atoms in total. The summed E-state index contributed by atoms with van der Waals surface area (Å²) in [5.74, 6) is 0. The Labute approximate surface area is 98.9 Å². The highest BCUT2D eigenvalue weighted by atomic mass is 28.3. The minimum absolute atomic E-state index is 0.550. The summed E-state index contributed by atoms with van der Waals surface area (Å²) in [6.07, 6.45) is 4.05. The predicted molar refractivity (Wildman–Crippen MR) is 75.3 cm³/mol. The lowest BCUT2D eigenvalue weighted by atomic mass is 9.87. The van der Waals surface area contributed by atoms with Gasteiger partial charge in [0.05, 0.1) is 8.07 Å². The Balaban J connectivity index is 4.40. The van der Waals surface area contributed by atoms with Gasteiger partial charge in [-0.15, -0.1) is 0 Å². The lowest BCUT2D eigenvalue weighted by Crippen LogP contribution is -2.39. The third kappa shape index (κ3) is 4.30. The summed E-state index contributed by atoms with van der Waals surface area (Å²) in [4.78, 5) is 0. The molecular formula is C14H32Si. The fraction of sp³-hybridized carbons (Fsp3) is 1.00. The van der Waals surface area contributed by atoms with Crippen molar-refractivity contribution in [2.75, 3.05) is 0 Å². The van der Waals surface area contributed by atoms with E-state index in [0.29, 0.717) is 10.5 Å². The molecule has 1 heteroatoms. The van der Waals surface area contributed by atoms with Crippen LogP contribution in [0.2, 0.25) is 24.2 Å². The first-order chi connectivity index (χ1) is 6.58. The standard InChI is InChI=1S/C14H32Si/c1-9-13(3,4)11-12-15(7,8)14(5,6)10-2/h9-12H2,1-8H3. The van der Waals surface area contributed by atoms with Crippen LogP contribution in [0, 0.1) is 5.41 Å². The van der Waals surface area contributed by atoms with Gasteiger partial charge in [-0.25, -0.2) is 0 Å². The van der Waals surface area contributed by atoms with Crippen molar-refractivity contribution in [1.29, 1.82) is 0 Å². The fourth-order valence-electron chi connectivity index (χ4n) is 1.64. The Morgan fingerprint density at radius 3 is 1.67 bits per heavy atom. The van der Waals surface area contributed by atoms with Gasteiger partial charge >= 0.3 is 0 Å². The topological polar surface area (TPSA) is 0 Å². The molecule has 0 atom stereocenters. The molecule has 0 aliphatic heterocycles. The number of hydrogen-bond donors (Lipinski definition) is 0. The normalized spacial score (nSPS) is 14.4. The Morgan fingerprint density at radius 1 is 0.867 bits per heavy atom. The quantitative estimate of drug-likeness (QED) is 0.511. The van der Waals surface area contributed by atoms with Gasteiger partial charge in [-0.3, -0.25) is 0 Å². The highest BCUT2D eigenvalue weighted by molar-refractivity contribution is 6.80. The van der Waals surface area contributed by atoms with E-state index in [0.717, 1.165) is 0 Å². The smallest absolute Gasteiger partial charge is 0.0530 e. The summed E-state index contributed by atoms with van der Waals surface area (Å²) >= 11 is 0. The average Bonchev–Trinajstić information content (AvgIpc) is 2.15. The summed E-state index contributed by atoms with van der Waals surface area (Å²) in [5.41, 5.74) is 0.550. The minimum Gasteiger partial charge on any atom is -0.0690 e. The molecule has 92 valence electrons. The predicted octanol–water partition coefficient (Wildman–Crippen LogP) is 5.71. The zero-order chi connectivity index (χ0) is 12.3. The van der Waals surface area contributed by atoms with Crippen LogP contribution in [0.25, 0.3) is 0 Å². The van der Waals surface area contributed by atoms with Crippen molar-refractivity contribution in [2.24, 2.45) is 5.41 Å². The largest absolute Gasteiger partial charge is 0.0690 e. The van der Waals surface area contributed by atoms with E-state index >= 15 is 0 Å². The van der Waals surface area contributed by atoms with E-state index in [1.54, 1.807) is 0 Å². The van der Waals surface area contributed by atoms with Gasteiger partial charge in [0, 0.05) is 0 Å². The molecule has 0 aromatic rings. The zero-order valence-electron chi connectivity index (χ0n) is 12.3. The molecule has 0 aromatic heterocycles. The molecular weight excluding hydrogens is 196 g/mol. The minimum atomic E-state index is -1.06. The average molecular weight is 228 g/mol. The summed E-state index contributed by atoms with van der Waals surface area (Å²) < 4.78 is 0. The second kappa shape index (κ2) is 5.03. The van der Waals surface area contributed by atoms with Gasteiger partial charge in [0.25, 0.3) is 0 Å². The summed E-state index contributed by atoms with van der Waals surface area (Å²) in [6.45, 7) is 19.6. The van der Waals surface area contributed by atoms with E-state index in [4.69, 9.17) is 0 Å². The molecule has 0 saturated heterocycles. The van der Waals surface area contributed by atoms with E-state index in [1.165, 1.54) is 25.3 Å². The Kier molecular flexibility index (Phi) is 5.10. The van der Waals surface area contributed by atoms with E-state index < -0.39 is 8.07 Å². The molecule has 0 spiro atoms. The maximum Gasteiger partial charge on any atom is 0.0530 e. The molecule has 0 saturated carbocycles. The molecule has 0 aliphatic rings.